The molecule has 4 nitrogen and oxygen atoms in total. The van der Waals surface area contributed by atoms with Gasteiger partial charge in [-0.05, 0) is 62.6 Å². The minimum atomic E-state index is 0.676. The quantitative estimate of drug-likeness (QED) is 0.872. The summed E-state index contributed by atoms with van der Waals surface area (Å²) in [5, 5.41) is 12.0. The smallest absolute Gasteiger partial charge is 0.151 e. The summed E-state index contributed by atoms with van der Waals surface area (Å²) in [4.78, 5) is 0. The molecular weight excluding hydrogens is 262 g/mol. The van der Waals surface area contributed by atoms with E-state index in [2.05, 4.69) is 36.3 Å². The normalized spacial score (nSPS) is 10.5. The maximum Gasteiger partial charge on any atom is 0.151 e. The van der Waals surface area contributed by atoms with Crippen LogP contribution in [0.2, 0.25) is 0 Å². The number of ether oxygens (including phenoxy) is 1. The average Bonchev–Trinajstić information content (AvgIpc) is 2.50. The number of nitrogens with one attached hydrogen (secondary N) is 1. The summed E-state index contributed by atoms with van der Waals surface area (Å²) < 4.78 is 5.47. The van der Waals surface area contributed by atoms with Gasteiger partial charge in [0.2, 0.25) is 0 Å². The Hall–Kier alpha value is -2.10. The SMILES string of the molecule is CCCNc1nnc(-c2ccc(OCC)cc2)c(C)c1C. The molecule has 0 radical (unpaired) electrons. The molecule has 21 heavy (non-hydrogen) atoms. The maximum absolute atomic E-state index is 5.47. The van der Waals surface area contributed by atoms with Gasteiger partial charge < -0.3 is 10.1 Å². The molecule has 112 valence electrons. The summed E-state index contributed by atoms with van der Waals surface area (Å²) in [7, 11) is 0. The first-order chi connectivity index (χ1) is 10.2. The Balaban J connectivity index is 2.29. The minimum absolute atomic E-state index is 0.676. The highest BCUT2D eigenvalue weighted by molar-refractivity contribution is 5.67. The minimum Gasteiger partial charge on any atom is -0.494 e. The van der Waals surface area contributed by atoms with Gasteiger partial charge in [-0.3, -0.25) is 0 Å². The van der Waals surface area contributed by atoms with Gasteiger partial charge in [0.25, 0.3) is 0 Å². The van der Waals surface area contributed by atoms with E-state index < -0.39 is 0 Å². The summed E-state index contributed by atoms with van der Waals surface area (Å²) >= 11 is 0. The second-order valence-electron chi connectivity index (χ2n) is 5.03. The van der Waals surface area contributed by atoms with Crippen molar-refractivity contribution in [2.24, 2.45) is 0 Å². The number of anilines is 1. The number of hydrogen-bond acceptors (Lipinski definition) is 4. The maximum atomic E-state index is 5.47. The molecule has 1 aromatic heterocycles. The van der Waals surface area contributed by atoms with Crippen molar-refractivity contribution in [3.63, 3.8) is 0 Å². The molecule has 0 saturated heterocycles. The third-order valence-corrected chi connectivity index (χ3v) is 3.50. The lowest BCUT2D eigenvalue weighted by atomic mass is 10.0. The molecule has 1 N–H and O–H groups in total. The fourth-order valence-electron chi connectivity index (χ4n) is 2.17. The van der Waals surface area contributed by atoms with Crippen LogP contribution in [0.4, 0.5) is 5.82 Å². The fraction of sp³-hybridized carbons (Fsp3) is 0.412. The van der Waals surface area contributed by atoms with E-state index in [1.165, 1.54) is 0 Å². The zero-order chi connectivity index (χ0) is 15.2. The second kappa shape index (κ2) is 7.07. The van der Waals surface area contributed by atoms with E-state index in [-0.39, 0.29) is 0 Å². The second-order valence-corrected chi connectivity index (χ2v) is 5.03. The Kier molecular flexibility index (Phi) is 5.14. The van der Waals surface area contributed by atoms with E-state index in [1.807, 2.05) is 31.2 Å². The van der Waals surface area contributed by atoms with E-state index in [9.17, 15) is 0 Å². The van der Waals surface area contributed by atoms with Crippen LogP contribution >= 0.6 is 0 Å². The third-order valence-electron chi connectivity index (χ3n) is 3.50. The summed E-state index contributed by atoms with van der Waals surface area (Å²) in [6.45, 7) is 9.88. The predicted octanol–water partition coefficient (Wildman–Crippen LogP) is 3.98. The molecule has 0 unspecified atom stereocenters. The summed E-state index contributed by atoms with van der Waals surface area (Å²) in [6.07, 6.45) is 1.07. The summed E-state index contributed by atoms with van der Waals surface area (Å²) in [5.74, 6) is 1.76. The highest BCUT2D eigenvalue weighted by atomic mass is 16.5. The van der Waals surface area contributed by atoms with Gasteiger partial charge in [-0.25, -0.2) is 0 Å². The fourth-order valence-corrected chi connectivity index (χ4v) is 2.17. The topological polar surface area (TPSA) is 47.0 Å². The molecule has 1 heterocycles. The van der Waals surface area contributed by atoms with Gasteiger partial charge in [-0.15, -0.1) is 10.2 Å². The summed E-state index contributed by atoms with van der Waals surface area (Å²) in [5.41, 5.74) is 4.31. The molecule has 0 bridgehead atoms. The van der Waals surface area contributed by atoms with E-state index in [1.54, 1.807) is 0 Å². The van der Waals surface area contributed by atoms with Crippen molar-refractivity contribution >= 4 is 5.82 Å². The molecule has 0 aliphatic heterocycles. The van der Waals surface area contributed by atoms with Gasteiger partial charge in [-0.2, -0.15) is 0 Å². The van der Waals surface area contributed by atoms with Crippen molar-refractivity contribution in [3.8, 4) is 17.0 Å². The van der Waals surface area contributed by atoms with Crippen LogP contribution in [0.25, 0.3) is 11.3 Å². The number of hydrogen-bond donors (Lipinski definition) is 1. The number of nitrogens with zero attached hydrogens (tertiary/aromatic N) is 2. The predicted molar refractivity (Wildman–Crippen MR) is 86.9 cm³/mol. The zero-order valence-electron chi connectivity index (χ0n) is 13.2. The monoisotopic (exact) mass is 285 g/mol. The van der Waals surface area contributed by atoms with Gasteiger partial charge in [0.15, 0.2) is 5.82 Å². The first kappa shape index (κ1) is 15.3. The first-order valence-electron chi connectivity index (χ1n) is 7.48. The van der Waals surface area contributed by atoms with Crippen molar-refractivity contribution < 1.29 is 4.74 Å². The Morgan fingerprint density at radius 2 is 1.71 bits per heavy atom. The van der Waals surface area contributed by atoms with Gasteiger partial charge in [0.1, 0.15) is 5.75 Å². The molecule has 0 saturated carbocycles. The Morgan fingerprint density at radius 1 is 1.00 bits per heavy atom. The van der Waals surface area contributed by atoms with Crippen LogP contribution in [-0.4, -0.2) is 23.3 Å². The van der Waals surface area contributed by atoms with Crippen molar-refractivity contribution in [3.05, 3.63) is 35.4 Å². The van der Waals surface area contributed by atoms with E-state index in [0.717, 1.165) is 46.9 Å². The Labute approximate surface area is 126 Å². The number of benzene rings is 1. The van der Waals surface area contributed by atoms with Gasteiger partial charge >= 0.3 is 0 Å². The number of rotatable bonds is 6. The zero-order valence-corrected chi connectivity index (χ0v) is 13.2. The highest BCUT2D eigenvalue weighted by Gasteiger charge is 2.11. The first-order valence-corrected chi connectivity index (χ1v) is 7.48. The molecular formula is C17H23N3O. The van der Waals surface area contributed by atoms with Crippen LogP contribution in [0.1, 0.15) is 31.4 Å². The lowest BCUT2D eigenvalue weighted by Crippen LogP contribution is -2.07. The molecule has 2 rings (SSSR count). The Morgan fingerprint density at radius 3 is 2.33 bits per heavy atom. The van der Waals surface area contributed by atoms with Crippen LogP contribution in [0.15, 0.2) is 24.3 Å². The van der Waals surface area contributed by atoms with Crippen LogP contribution in [-0.2, 0) is 0 Å². The standard InChI is InChI=1S/C17H23N3O/c1-5-11-18-17-13(4)12(3)16(19-20-17)14-7-9-15(10-8-14)21-6-2/h7-10H,5-6,11H2,1-4H3,(H,18,20). The van der Waals surface area contributed by atoms with E-state index in [0.29, 0.717) is 6.61 Å². The van der Waals surface area contributed by atoms with Crippen molar-refractivity contribution in [1.29, 1.82) is 0 Å². The lowest BCUT2D eigenvalue weighted by Gasteiger charge is -2.12. The van der Waals surface area contributed by atoms with Gasteiger partial charge in [-0.1, -0.05) is 6.92 Å². The molecule has 0 spiro atoms. The highest BCUT2D eigenvalue weighted by Crippen LogP contribution is 2.27. The number of aromatic nitrogens is 2. The molecule has 4 heteroatoms. The summed E-state index contributed by atoms with van der Waals surface area (Å²) in [6, 6.07) is 8.00. The van der Waals surface area contributed by atoms with E-state index >= 15 is 0 Å². The van der Waals surface area contributed by atoms with Crippen LogP contribution in [0.3, 0.4) is 0 Å². The third kappa shape index (κ3) is 3.51. The average molecular weight is 285 g/mol. The van der Waals surface area contributed by atoms with Gasteiger partial charge in [0, 0.05) is 12.1 Å². The molecule has 1 aromatic carbocycles. The molecule has 0 fully saturated rings. The molecule has 0 amide bonds. The van der Waals surface area contributed by atoms with Crippen molar-refractivity contribution in [2.45, 2.75) is 34.1 Å². The molecule has 0 aliphatic carbocycles. The van der Waals surface area contributed by atoms with Crippen LogP contribution in [0, 0.1) is 13.8 Å². The van der Waals surface area contributed by atoms with Crippen molar-refractivity contribution in [2.75, 3.05) is 18.5 Å². The Bertz CT molecular complexity index is 594. The van der Waals surface area contributed by atoms with Crippen LogP contribution < -0.4 is 10.1 Å². The van der Waals surface area contributed by atoms with E-state index in [4.69, 9.17) is 4.74 Å². The lowest BCUT2D eigenvalue weighted by molar-refractivity contribution is 0.340. The van der Waals surface area contributed by atoms with Gasteiger partial charge in [0.05, 0.1) is 12.3 Å². The largest absolute Gasteiger partial charge is 0.494 e. The van der Waals surface area contributed by atoms with Crippen molar-refractivity contribution in [1.82, 2.24) is 10.2 Å². The molecule has 0 atom stereocenters. The molecule has 0 aliphatic rings. The van der Waals surface area contributed by atoms with Crippen LogP contribution in [0.5, 0.6) is 5.75 Å². The molecule has 2 aromatic rings.